The second kappa shape index (κ2) is 6.35. The molecular formula is C13H18BrNO3S. The molecule has 0 saturated heterocycles. The third-order valence-electron chi connectivity index (χ3n) is 3.53. The van der Waals surface area contributed by atoms with Gasteiger partial charge in [-0.3, -0.25) is 0 Å². The zero-order chi connectivity index (χ0) is 13.9. The highest BCUT2D eigenvalue weighted by molar-refractivity contribution is 9.10. The number of halogens is 1. The summed E-state index contributed by atoms with van der Waals surface area (Å²) in [6.07, 6.45) is 3.34. The van der Waals surface area contributed by atoms with E-state index in [1.807, 2.05) is 0 Å². The normalized spacial score (nSPS) is 24.3. The lowest BCUT2D eigenvalue weighted by Gasteiger charge is -2.27. The Bertz CT molecular complexity index is 515. The van der Waals surface area contributed by atoms with Gasteiger partial charge in [-0.15, -0.1) is 0 Å². The molecule has 0 spiro atoms. The number of aliphatic hydroxyl groups is 1. The van der Waals surface area contributed by atoms with E-state index in [-0.39, 0.29) is 16.9 Å². The number of benzene rings is 1. The third-order valence-corrected chi connectivity index (χ3v) is 5.50. The molecule has 1 aliphatic carbocycles. The maximum absolute atomic E-state index is 12.1. The highest BCUT2D eigenvalue weighted by Crippen LogP contribution is 2.24. The van der Waals surface area contributed by atoms with Gasteiger partial charge in [0.25, 0.3) is 0 Å². The Morgan fingerprint density at radius 3 is 2.47 bits per heavy atom. The summed E-state index contributed by atoms with van der Waals surface area (Å²) in [5, 5.41) is 9.83. The summed E-state index contributed by atoms with van der Waals surface area (Å²) in [5.74, 6) is 0.0268. The Morgan fingerprint density at radius 2 is 1.84 bits per heavy atom. The van der Waals surface area contributed by atoms with Gasteiger partial charge in [-0.1, -0.05) is 28.8 Å². The molecule has 1 saturated carbocycles. The predicted molar refractivity (Wildman–Crippen MR) is 77.3 cm³/mol. The molecule has 2 unspecified atom stereocenters. The average molecular weight is 348 g/mol. The fourth-order valence-corrected chi connectivity index (χ4v) is 3.70. The van der Waals surface area contributed by atoms with Gasteiger partial charge in [0, 0.05) is 11.0 Å². The van der Waals surface area contributed by atoms with Gasteiger partial charge in [-0.2, -0.15) is 0 Å². The number of hydrogen-bond acceptors (Lipinski definition) is 3. The smallest absolute Gasteiger partial charge is 0.240 e. The second-order valence-electron chi connectivity index (χ2n) is 4.92. The first-order chi connectivity index (χ1) is 8.99. The van der Waals surface area contributed by atoms with E-state index >= 15 is 0 Å². The highest BCUT2D eigenvalue weighted by atomic mass is 79.9. The van der Waals surface area contributed by atoms with Gasteiger partial charge in [0.1, 0.15) is 0 Å². The number of nitrogens with one attached hydrogen (secondary N) is 1. The lowest BCUT2D eigenvalue weighted by Crippen LogP contribution is -2.36. The molecule has 0 heterocycles. The minimum absolute atomic E-state index is 0.0268. The van der Waals surface area contributed by atoms with Crippen LogP contribution in [-0.2, 0) is 10.0 Å². The lowest BCUT2D eigenvalue weighted by molar-refractivity contribution is 0.0724. The molecule has 0 radical (unpaired) electrons. The molecule has 1 aliphatic rings. The van der Waals surface area contributed by atoms with Crippen molar-refractivity contribution in [1.29, 1.82) is 0 Å². The zero-order valence-corrected chi connectivity index (χ0v) is 13.0. The van der Waals surface area contributed by atoms with Crippen LogP contribution in [0.15, 0.2) is 33.6 Å². The highest BCUT2D eigenvalue weighted by Gasteiger charge is 2.25. The van der Waals surface area contributed by atoms with Gasteiger partial charge < -0.3 is 5.11 Å². The topological polar surface area (TPSA) is 66.4 Å². The quantitative estimate of drug-likeness (QED) is 0.877. The van der Waals surface area contributed by atoms with E-state index < -0.39 is 10.0 Å². The van der Waals surface area contributed by atoms with E-state index in [2.05, 4.69) is 20.7 Å². The Hall–Kier alpha value is -0.430. The first-order valence-electron chi connectivity index (χ1n) is 6.42. The van der Waals surface area contributed by atoms with Crippen LogP contribution in [0, 0.1) is 5.92 Å². The number of rotatable bonds is 4. The minimum Gasteiger partial charge on any atom is -0.393 e. The summed E-state index contributed by atoms with van der Waals surface area (Å²) in [6, 6.07) is 6.52. The van der Waals surface area contributed by atoms with Gasteiger partial charge in [0.15, 0.2) is 0 Å². The molecule has 0 aromatic heterocycles. The molecule has 2 atom stereocenters. The first kappa shape index (κ1) is 15.0. The molecular weight excluding hydrogens is 330 g/mol. The van der Waals surface area contributed by atoms with Crippen LogP contribution in [0.2, 0.25) is 0 Å². The summed E-state index contributed by atoms with van der Waals surface area (Å²) >= 11 is 3.27. The molecule has 0 aliphatic heterocycles. The van der Waals surface area contributed by atoms with E-state index in [0.29, 0.717) is 6.54 Å². The Labute approximate surface area is 122 Å². The monoisotopic (exact) mass is 347 g/mol. The molecule has 6 heteroatoms. The molecule has 2 rings (SSSR count). The molecule has 1 aromatic carbocycles. The van der Waals surface area contributed by atoms with Crippen LogP contribution in [0.5, 0.6) is 0 Å². The van der Waals surface area contributed by atoms with Crippen molar-refractivity contribution in [2.24, 2.45) is 5.92 Å². The summed E-state index contributed by atoms with van der Waals surface area (Å²) in [7, 11) is -3.48. The van der Waals surface area contributed by atoms with Gasteiger partial charge >= 0.3 is 0 Å². The lowest BCUT2D eigenvalue weighted by atomic mass is 9.87. The average Bonchev–Trinajstić information content (AvgIpc) is 2.38. The molecule has 106 valence electrons. The number of aliphatic hydroxyl groups excluding tert-OH is 1. The Kier molecular flexibility index (Phi) is 5.00. The molecule has 19 heavy (non-hydrogen) atoms. The second-order valence-corrected chi connectivity index (χ2v) is 7.60. The van der Waals surface area contributed by atoms with Crippen molar-refractivity contribution in [2.45, 2.75) is 36.7 Å². The van der Waals surface area contributed by atoms with Crippen LogP contribution in [0.4, 0.5) is 0 Å². The summed E-state index contributed by atoms with van der Waals surface area (Å²) in [6.45, 7) is 0.305. The standard InChI is InChI=1S/C13H18BrNO3S/c14-11-5-7-12(8-6-11)19(17,18)15-9-10-3-1-2-4-13(10)16/h5-8,10,13,15-16H,1-4,9H2. The van der Waals surface area contributed by atoms with Gasteiger partial charge in [-0.25, -0.2) is 13.1 Å². The van der Waals surface area contributed by atoms with Crippen molar-refractivity contribution in [3.05, 3.63) is 28.7 Å². The zero-order valence-electron chi connectivity index (χ0n) is 10.5. The molecule has 1 aromatic rings. The molecule has 4 nitrogen and oxygen atoms in total. The molecule has 0 amide bonds. The SMILES string of the molecule is O=S(=O)(NCC1CCCCC1O)c1ccc(Br)cc1. The van der Waals surface area contributed by atoms with Crippen molar-refractivity contribution >= 4 is 26.0 Å². The van der Waals surface area contributed by atoms with E-state index in [0.717, 1.165) is 30.2 Å². The predicted octanol–water partition coefficient (Wildman–Crippen LogP) is 2.28. The van der Waals surface area contributed by atoms with E-state index in [1.54, 1.807) is 24.3 Å². The fraction of sp³-hybridized carbons (Fsp3) is 0.538. The number of hydrogen-bond donors (Lipinski definition) is 2. The molecule has 0 bridgehead atoms. The first-order valence-corrected chi connectivity index (χ1v) is 8.70. The van der Waals surface area contributed by atoms with E-state index in [9.17, 15) is 13.5 Å². The van der Waals surface area contributed by atoms with Crippen molar-refractivity contribution in [1.82, 2.24) is 4.72 Å². The summed E-state index contributed by atoms with van der Waals surface area (Å²) in [4.78, 5) is 0.251. The van der Waals surface area contributed by atoms with Crippen LogP contribution >= 0.6 is 15.9 Å². The Balaban J connectivity index is 1.99. The third kappa shape index (κ3) is 4.02. The van der Waals surface area contributed by atoms with Crippen LogP contribution in [0.1, 0.15) is 25.7 Å². The van der Waals surface area contributed by atoms with E-state index in [4.69, 9.17) is 0 Å². The van der Waals surface area contributed by atoms with Crippen LogP contribution in [-0.4, -0.2) is 26.2 Å². The van der Waals surface area contributed by atoms with Gasteiger partial charge in [0.2, 0.25) is 10.0 Å². The fourth-order valence-electron chi connectivity index (χ4n) is 2.34. The van der Waals surface area contributed by atoms with Crippen molar-refractivity contribution < 1.29 is 13.5 Å². The summed E-state index contributed by atoms with van der Waals surface area (Å²) < 4.78 is 27.6. The summed E-state index contributed by atoms with van der Waals surface area (Å²) in [5.41, 5.74) is 0. The van der Waals surface area contributed by atoms with Crippen molar-refractivity contribution in [2.75, 3.05) is 6.54 Å². The number of sulfonamides is 1. The van der Waals surface area contributed by atoms with Gasteiger partial charge in [0.05, 0.1) is 11.0 Å². The van der Waals surface area contributed by atoms with Crippen molar-refractivity contribution in [3.63, 3.8) is 0 Å². The Morgan fingerprint density at radius 1 is 1.21 bits per heavy atom. The maximum atomic E-state index is 12.1. The maximum Gasteiger partial charge on any atom is 0.240 e. The molecule has 1 fully saturated rings. The van der Waals surface area contributed by atoms with E-state index in [1.165, 1.54) is 0 Å². The minimum atomic E-state index is -3.48. The van der Waals surface area contributed by atoms with Crippen molar-refractivity contribution in [3.8, 4) is 0 Å². The molecule has 2 N–H and O–H groups in total. The van der Waals surface area contributed by atoms with Crippen LogP contribution in [0.25, 0.3) is 0 Å². The van der Waals surface area contributed by atoms with Crippen LogP contribution in [0.3, 0.4) is 0 Å². The van der Waals surface area contributed by atoms with Gasteiger partial charge in [-0.05, 0) is 43.0 Å². The largest absolute Gasteiger partial charge is 0.393 e. The van der Waals surface area contributed by atoms with Crippen LogP contribution < -0.4 is 4.72 Å².